The van der Waals surface area contributed by atoms with E-state index in [0.717, 1.165) is 11.0 Å². The van der Waals surface area contributed by atoms with E-state index in [9.17, 15) is 0 Å². The lowest BCUT2D eigenvalue weighted by Crippen LogP contribution is -2.41. The molecule has 1 saturated heterocycles. The Balaban J connectivity index is 1.94. The number of rotatable bonds is 6. The van der Waals surface area contributed by atoms with Crippen LogP contribution in [0.5, 0.6) is 0 Å². The molecular weight excluding hydrogens is 267 g/mol. The van der Waals surface area contributed by atoms with Crippen molar-refractivity contribution in [3.8, 4) is 0 Å². The molecule has 1 aromatic rings. The summed E-state index contributed by atoms with van der Waals surface area (Å²) in [7, 11) is 1.36. The molecule has 1 aliphatic heterocycles. The highest BCUT2D eigenvalue weighted by Crippen LogP contribution is 2.36. The molecule has 116 valence electrons. The van der Waals surface area contributed by atoms with Gasteiger partial charge in [-0.25, -0.2) is 0 Å². The fraction of sp³-hybridized carbons (Fsp3) is 0.625. The maximum Gasteiger partial charge on any atom is 0.494 e. The first-order valence-electron chi connectivity index (χ1n) is 7.37. The van der Waals surface area contributed by atoms with Gasteiger partial charge >= 0.3 is 7.12 Å². The fourth-order valence-corrected chi connectivity index (χ4v) is 2.08. The quantitative estimate of drug-likeness (QED) is 0.594. The molecule has 5 heteroatoms. The van der Waals surface area contributed by atoms with Crippen molar-refractivity contribution >= 4 is 12.6 Å². The van der Waals surface area contributed by atoms with Gasteiger partial charge in [0.15, 0.2) is 0 Å². The molecule has 1 heterocycles. The van der Waals surface area contributed by atoms with Gasteiger partial charge in [-0.3, -0.25) is 0 Å². The topological polar surface area (TPSA) is 36.9 Å². The van der Waals surface area contributed by atoms with Crippen molar-refractivity contribution in [3.05, 3.63) is 29.8 Å². The normalized spacial score (nSPS) is 20.0. The number of hydrogen-bond donors (Lipinski definition) is 0. The highest BCUT2D eigenvalue weighted by molar-refractivity contribution is 6.62. The average Bonchev–Trinajstić information content (AvgIpc) is 2.64. The summed E-state index contributed by atoms with van der Waals surface area (Å²) in [5, 5.41) is 0. The van der Waals surface area contributed by atoms with Crippen LogP contribution in [0.25, 0.3) is 0 Å². The average molecular weight is 292 g/mol. The van der Waals surface area contributed by atoms with Gasteiger partial charge in [-0.2, -0.15) is 0 Å². The summed E-state index contributed by atoms with van der Waals surface area (Å²) in [6, 6.07) is 8.18. The van der Waals surface area contributed by atoms with Crippen molar-refractivity contribution in [1.29, 1.82) is 0 Å². The van der Waals surface area contributed by atoms with Gasteiger partial charge in [-0.15, -0.1) is 0 Å². The molecule has 0 radical (unpaired) electrons. The smallest absolute Gasteiger partial charge is 0.399 e. The van der Waals surface area contributed by atoms with E-state index in [2.05, 4.69) is 27.7 Å². The van der Waals surface area contributed by atoms with Crippen LogP contribution >= 0.6 is 0 Å². The lowest BCUT2D eigenvalue weighted by Gasteiger charge is -2.32. The Morgan fingerprint density at radius 2 is 1.52 bits per heavy atom. The molecule has 0 N–H and O–H groups in total. The monoisotopic (exact) mass is 292 g/mol. The van der Waals surface area contributed by atoms with E-state index in [1.807, 2.05) is 24.3 Å². The molecular formula is C16H25BO4. The molecule has 21 heavy (non-hydrogen) atoms. The Labute approximate surface area is 127 Å². The van der Waals surface area contributed by atoms with E-state index < -0.39 is 0 Å². The van der Waals surface area contributed by atoms with Crippen LogP contribution < -0.4 is 5.46 Å². The maximum absolute atomic E-state index is 6.03. The van der Waals surface area contributed by atoms with E-state index >= 15 is 0 Å². The van der Waals surface area contributed by atoms with E-state index in [-0.39, 0.29) is 18.3 Å². The standard InChI is InChI=1S/C16H25BO4/c1-15(2)16(3,4)21-17(20-15)14-8-6-13(7-9-14)12-19-11-10-18-5/h6-9H,10-12H2,1-5H3. The first-order valence-corrected chi connectivity index (χ1v) is 7.37. The summed E-state index contributed by atoms with van der Waals surface area (Å²) in [6.45, 7) is 10.1. The minimum absolute atomic E-state index is 0.306. The SMILES string of the molecule is COCCOCc1ccc(B2OC(C)(C)C(C)(C)O2)cc1. The Morgan fingerprint density at radius 3 is 2.05 bits per heavy atom. The van der Waals surface area contributed by atoms with Crippen LogP contribution in [-0.4, -0.2) is 38.6 Å². The summed E-state index contributed by atoms with van der Waals surface area (Å²) in [4.78, 5) is 0. The van der Waals surface area contributed by atoms with Gasteiger partial charge in [0.1, 0.15) is 0 Å². The third-order valence-corrected chi connectivity index (χ3v) is 4.21. The molecule has 0 unspecified atom stereocenters. The minimum atomic E-state index is -0.307. The Kier molecular flexibility index (Phi) is 5.09. The first kappa shape index (κ1) is 16.5. The molecule has 2 rings (SSSR count). The van der Waals surface area contributed by atoms with E-state index in [0.29, 0.717) is 19.8 Å². The number of methoxy groups -OCH3 is 1. The molecule has 0 spiro atoms. The van der Waals surface area contributed by atoms with Gasteiger partial charge in [-0.05, 0) is 38.7 Å². The molecule has 0 aromatic heterocycles. The summed E-state index contributed by atoms with van der Waals surface area (Å²) >= 11 is 0. The van der Waals surface area contributed by atoms with Crippen molar-refractivity contribution in [2.75, 3.05) is 20.3 Å². The van der Waals surface area contributed by atoms with Gasteiger partial charge in [-0.1, -0.05) is 24.3 Å². The lowest BCUT2D eigenvalue weighted by molar-refractivity contribution is 0.00578. The van der Waals surface area contributed by atoms with Crippen molar-refractivity contribution in [1.82, 2.24) is 0 Å². The predicted octanol–water partition coefficient (Wildman–Crippen LogP) is 2.15. The third-order valence-electron chi connectivity index (χ3n) is 4.21. The van der Waals surface area contributed by atoms with E-state index in [1.54, 1.807) is 7.11 Å². The van der Waals surface area contributed by atoms with Gasteiger partial charge in [0, 0.05) is 7.11 Å². The van der Waals surface area contributed by atoms with Crippen LogP contribution in [0.15, 0.2) is 24.3 Å². The van der Waals surface area contributed by atoms with Gasteiger partial charge in [0.2, 0.25) is 0 Å². The van der Waals surface area contributed by atoms with Gasteiger partial charge in [0.05, 0.1) is 31.0 Å². The highest BCUT2D eigenvalue weighted by atomic mass is 16.7. The van der Waals surface area contributed by atoms with Gasteiger partial charge < -0.3 is 18.8 Å². The summed E-state index contributed by atoms with van der Waals surface area (Å²) in [5.74, 6) is 0. The van der Waals surface area contributed by atoms with Crippen LogP contribution in [0.1, 0.15) is 33.3 Å². The molecule has 1 aromatic carbocycles. The molecule has 0 amide bonds. The van der Waals surface area contributed by atoms with Crippen LogP contribution in [-0.2, 0) is 25.4 Å². The summed E-state index contributed by atoms with van der Waals surface area (Å²) in [6.07, 6.45) is 0. The largest absolute Gasteiger partial charge is 0.494 e. The Hall–Kier alpha value is -0.875. The number of benzene rings is 1. The zero-order chi connectivity index (χ0) is 15.5. The van der Waals surface area contributed by atoms with Gasteiger partial charge in [0.25, 0.3) is 0 Å². The van der Waals surface area contributed by atoms with Crippen LogP contribution in [0.4, 0.5) is 0 Å². The molecule has 0 bridgehead atoms. The molecule has 1 aliphatic rings. The zero-order valence-electron chi connectivity index (χ0n) is 13.6. The highest BCUT2D eigenvalue weighted by Gasteiger charge is 2.51. The second-order valence-electron chi connectivity index (χ2n) is 6.38. The lowest BCUT2D eigenvalue weighted by atomic mass is 9.79. The molecule has 0 atom stereocenters. The Bertz CT molecular complexity index is 440. The molecule has 0 aliphatic carbocycles. The summed E-state index contributed by atoms with van der Waals surface area (Å²) < 4.78 is 22.5. The van der Waals surface area contributed by atoms with Crippen LogP contribution in [0, 0.1) is 0 Å². The Morgan fingerprint density at radius 1 is 0.952 bits per heavy atom. The van der Waals surface area contributed by atoms with Crippen LogP contribution in [0.3, 0.4) is 0 Å². The molecule has 1 fully saturated rings. The zero-order valence-corrected chi connectivity index (χ0v) is 13.6. The minimum Gasteiger partial charge on any atom is -0.399 e. The van der Waals surface area contributed by atoms with Crippen molar-refractivity contribution < 1.29 is 18.8 Å². The predicted molar refractivity (Wildman–Crippen MR) is 83.7 cm³/mol. The second kappa shape index (κ2) is 6.49. The molecule has 0 saturated carbocycles. The summed E-state index contributed by atoms with van der Waals surface area (Å²) in [5.41, 5.74) is 1.56. The van der Waals surface area contributed by atoms with Crippen LogP contribution in [0.2, 0.25) is 0 Å². The van der Waals surface area contributed by atoms with Crippen molar-refractivity contribution in [3.63, 3.8) is 0 Å². The third kappa shape index (κ3) is 3.86. The molecule has 4 nitrogen and oxygen atoms in total. The first-order chi connectivity index (χ1) is 9.86. The van der Waals surface area contributed by atoms with E-state index in [4.69, 9.17) is 18.8 Å². The number of hydrogen-bond acceptors (Lipinski definition) is 4. The maximum atomic E-state index is 6.03. The second-order valence-corrected chi connectivity index (χ2v) is 6.38. The van der Waals surface area contributed by atoms with Crippen molar-refractivity contribution in [2.45, 2.75) is 45.5 Å². The number of ether oxygens (including phenoxy) is 2. The van der Waals surface area contributed by atoms with E-state index in [1.165, 1.54) is 0 Å². The fourth-order valence-electron chi connectivity index (χ4n) is 2.08. The van der Waals surface area contributed by atoms with Crippen molar-refractivity contribution in [2.24, 2.45) is 0 Å².